The Kier molecular flexibility index (Phi) is 21.2. The summed E-state index contributed by atoms with van der Waals surface area (Å²) in [5.74, 6) is 0.115. The fourth-order valence-electron chi connectivity index (χ4n) is 3.44. The quantitative estimate of drug-likeness (QED) is 0.189. The molecule has 0 fully saturated rings. The number of unbranched alkanes of at least 4 members (excludes halogenated alkanes) is 14. The molecular formula is C23H48N2O2. The second-order valence-electron chi connectivity index (χ2n) is 7.89. The molecule has 0 saturated carbocycles. The molecule has 0 aliphatic heterocycles. The first-order valence-corrected chi connectivity index (χ1v) is 11.9. The molecule has 4 nitrogen and oxygen atoms in total. The number of carbonyl (C=O) groups excluding carboxylic acids is 1. The lowest BCUT2D eigenvalue weighted by atomic mass is 10.0. The Morgan fingerprint density at radius 2 is 1.15 bits per heavy atom. The monoisotopic (exact) mass is 384 g/mol. The van der Waals surface area contributed by atoms with Crippen molar-refractivity contribution in [3.63, 3.8) is 0 Å². The number of hydrogen-bond donors (Lipinski definition) is 2. The molecule has 0 aromatic rings. The van der Waals surface area contributed by atoms with Crippen LogP contribution in [-0.4, -0.2) is 35.7 Å². The summed E-state index contributed by atoms with van der Waals surface area (Å²) in [6.07, 6.45) is 21.5. The van der Waals surface area contributed by atoms with E-state index in [9.17, 15) is 4.79 Å². The van der Waals surface area contributed by atoms with Gasteiger partial charge in [0.25, 0.3) is 0 Å². The van der Waals surface area contributed by atoms with E-state index < -0.39 is 0 Å². The van der Waals surface area contributed by atoms with Crippen molar-refractivity contribution in [1.82, 2.24) is 10.4 Å². The Bertz CT molecular complexity index is 311. The largest absolute Gasteiger partial charge is 0.396 e. The van der Waals surface area contributed by atoms with Gasteiger partial charge in [-0.05, 0) is 12.8 Å². The van der Waals surface area contributed by atoms with Crippen molar-refractivity contribution in [2.24, 2.45) is 0 Å². The van der Waals surface area contributed by atoms with Gasteiger partial charge in [0.2, 0.25) is 5.91 Å². The van der Waals surface area contributed by atoms with Crippen LogP contribution in [0.1, 0.15) is 123 Å². The molecule has 2 N–H and O–H groups in total. The summed E-state index contributed by atoms with van der Waals surface area (Å²) in [5.41, 5.74) is 2.93. The first-order valence-electron chi connectivity index (χ1n) is 11.9. The minimum absolute atomic E-state index is 0.115. The lowest BCUT2D eigenvalue weighted by molar-refractivity contribution is -0.126. The van der Waals surface area contributed by atoms with Crippen LogP contribution in [0.15, 0.2) is 0 Å². The molecule has 0 aromatic carbocycles. The van der Waals surface area contributed by atoms with Crippen molar-refractivity contribution < 1.29 is 9.90 Å². The molecule has 0 spiro atoms. The molecule has 0 bridgehead atoms. The highest BCUT2D eigenvalue weighted by Crippen LogP contribution is 2.13. The van der Waals surface area contributed by atoms with E-state index in [0.29, 0.717) is 12.8 Å². The van der Waals surface area contributed by atoms with Crippen LogP contribution in [0.4, 0.5) is 0 Å². The van der Waals surface area contributed by atoms with Gasteiger partial charge in [0.15, 0.2) is 0 Å². The Labute approximate surface area is 169 Å². The van der Waals surface area contributed by atoms with Crippen molar-refractivity contribution in [2.75, 3.05) is 19.7 Å². The highest BCUT2D eigenvalue weighted by atomic mass is 16.3. The molecule has 0 atom stereocenters. The molecule has 0 unspecified atom stereocenters. The summed E-state index contributed by atoms with van der Waals surface area (Å²) in [5, 5.41) is 10.8. The molecule has 0 rings (SSSR count). The summed E-state index contributed by atoms with van der Waals surface area (Å²) in [4.78, 5) is 11.9. The molecule has 0 radical (unpaired) electrons. The van der Waals surface area contributed by atoms with Crippen LogP contribution in [0.25, 0.3) is 0 Å². The average molecular weight is 385 g/mol. The van der Waals surface area contributed by atoms with E-state index in [0.717, 1.165) is 25.9 Å². The molecule has 27 heavy (non-hydrogen) atoms. The molecule has 0 aliphatic carbocycles. The van der Waals surface area contributed by atoms with Crippen molar-refractivity contribution >= 4 is 5.91 Å². The van der Waals surface area contributed by atoms with E-state index in [1.807, 2.05) is 11.9 Å². The number of rotatable bonds is 21. The minimum atomic E-state index is 0.115. The minimum Gasteiger partial charge on any atom is -0.396 e. The van der Waals surface area contributed by atoms with Crippen LogP contribution in [0, 0.1) is 0 Å². The first-order chi connectivity index (χ1) is 13.2. The van der Waals surface area contributed by atoms with E-state index in [4.69, 9.17) is 5.11 Å². The van der Waals surface area contributed by atoms with Crippen molar-refractivity contribution in [3.8, 4) is 0 Å². The van der Waals surface area contributed by atoms with Crippen LogP contribution >= 0.6 is 0 Å². The van der Waals surface area contributed by atoms with E-state index in [2.05, 4.69) is 12.3 Å². The van der Waals surface area contributed by atoms with Gasteiger partial charge in [0.1, 0.15) is 0 Å². The first kappa shape index (κ1) is 26.4. The van der Waals surface area contributed by atoms with Crippen LogP contribution in [0.2, 0.25) is 0 Å². The van der Waals surface area contributed by atoms with Crippen molar-refractivity contribution in [1.29, 1.82) is 0 Å². The zero-order valence-corrected chi connectivity index (χ0v) is 18.4. The fraction of sp³-hybridized carbons (Fsp3) is 0.957. The maximum atomic E-state index is 11.9. The predicted molar refractivity (Wildman–Crippen MR) is 117 cm³/mol. The van der Waals surface area contributed by atoms with E-state index in [1.54, 1.807) is 0 Å². The lowest BCUT2D eigenvalue weighted by Crippen LogP contribution is -2.42. The smallest absolute Gasteiger partial charge is 0.234 e. The van der Waals surface area contributed by atoms with Gasteiger partial charge < -0.3 is 5.11 Å². The Morgan fingerprint density at radius 3 is 1.56 bits per heavy atom. The van der Waals surface area contributed by atoms with Gasteiger partial charge in [-0.25, -0.2) is 5.01 Å². The number of nitrogens with zero attached hydrogens (tertiary/aromatic N) is 1. The zero-order valence-electron chi connectivity index (χ0n) is 18.4. The SMILES string of the molecule is CCCCCCCCCCCCCCCCCC(=O)NN(CC)CCCO. The molecule has 0 saturated heterocycles. The number of carbonyl (C=O) groups is 1. The van der Waals surface area contributed by atoms with Crippen LogP contribution in [-0.2, 0) is 4.79 Å². The second kappa shape index (κ2) is 21.7. The Morgan fingerprint density at radius 1 is 0.704 bits per heavy atom. The third-order valence-electron chi connectivity index (χ3n) is 5.26. The van der Waals surface area contributed by atoms with Gasteiger partial charge in [-0.3, -0.25) is 10.2 Å². The van der Waals surface area contributed by atoms with Crippen molar-refractivity contribution in [3.05, 3.63) is 0 Å². The standard InChI is InChI=1S/C23H48N2O2/c1-3-5-6-7-8-9-10-11-12-13-14-15-16-17-18-20-23(27)24-25(4-2)21-19-22-26/h26H,3-22H2,1-2H3,(H,24,27). The highest BCUT2D eigenvalue weighted by molar-refractivity contribution is 5.75. The molecule has 162 valence electrons. The van der Waals surface area contributed by atoms with Gasteiger partial charge in [0, 0.05) is 26.1 Å². The maximum absolute atomic E-state index is 11.9. The predicted octanol–water partition coefficient (Wildman–Crippen LogP) is 5.98. The van der Waals surface area contributed by atoms with Crippen LogP contribution in [0.3, 0.4) is 0 Å². The summed E-state index contributed by atoms with van der Waals surface area (Å²) < 4.78 is 0. The van der Waals surface area contributed by atoms with E-state index in [1.165, 1.54) is 83.5 Å². The van der Waals surface area contributed by atoms with Gasteiger partial charge in [0.05, 0.1) is 0 Å². The molecule has 1 amide bonds. The summed E-state index contributed by atoms with van der Waals surface area (Å²) in [7, 11) is 0. The summed E-state index contributed by atoms with van der Waals surface area (Å²) in [6, 6.07) is 0. The zero-order chi connectivity index (χ0) is 20.0. The van der Waals surface area contributed by atoms with Crippen molar-refractivity contribution in [2.45, 2.75) is 123 Å². The van der Waals surface area contributed by atoms with Crippen LogP contribution in [0.5, 0.6) is 0 Å². The fourth-order valence-corrected chi connectivity index (χ4v) is 3.44. The maximum Gasteiger partial charge on any atom is 0.234 e. The number of hydrazine groups is 1. The third kappa shape index (κ3) is 19.9. The Balaban J connectivity index is 3.27. The van der Waals surface area contributed by atoms with E-state index in [-0.39, 0.29) is 12.5 Å². The molecular weight excluding hydrogens is 336 g/mol. The lowest BCUT2D eigenvalue weighted by Gasteiger charge is -2.20. The Hall–Kier alpha value is -0.610. The molecule has 0 aromatic heterocycles. The second-order valence-corrected chi connectivity index (χ2v) is 7.89. The highest BCUT2D eigenvalue weighted by Gasteiger charge is 2.06. The molecule has 0 aliphatic rings. The third-order valence-corrected chi connectivity index (χ3v) is 5.26. The number of aliphatic hydroxyl groups excluding tert-OH is 1. The van der Waals surface area contributed by atoms with Gasteiger partial charge in [-0.2, -0.15) is 0 Å². The number of hydrogen-bond acceptors (Lipinski definition) is 3. The molecule has 4 heteroatoms. The number of amides is 1. The van der Waals surface area contributed by atoms with E-state index >= 15 is 0 Å². The summed E-state index contributed by atoms with van der Waals surface area (Å²) in [6.45, 7) is 5.97. The normalized spacial score (nSPS) is 11.3. The number of nitrogens with one attached hydrogen (secondary N) is 1. The number of aliphatic hydroxyl groups is 1. The topological polar surface area (TPSA) is 52.6 Å². The van der Waals surface area contributed by atoms with Gasteiger partial charge in [-0.15, -0.1) is 0 Å². The summed E-state index contributed by atoms with van der Waals surface area (Å²) >= 11 is 0. The average Bonchev–Trinajstić information content (AvgIpc) is 2.68. The van der Waals surface area contributed by atoms with Gasteiger partial charge in [-0.1, -0.05) is 104 Å². The molecule has 0 heterocycles. The van der Waals surface area contributed by atoms with Gasteiger partial charge >= 0.3 is 0 Å². The van der Waals surface area contributed by atoms with Crippen LogP contribution < -0.4 is 5.43 Å².